The standard InChI is InChI=1S/C22H20N2O/c1-3-18-9-11-19(12-10-18)16-24(20-7-5-4-6-8-20)22(25)21-13-14-23-15-17(21)2/h1,4-13,15,23H,14,16H2,2H3. The molecular weight excluding hydrogens is 308 g/mol. The molecule has 1 aliphatic rings. The van der Waals surface area contributed by atoms with Crippen molar-refractivity contribution < 1.29 is 4.79 Å². The molecule has 1 aliphatic heterocycles. The molecule has 0 unspecified atom stereocenters. The van der Waals surface area contributed by atoms with Gasteiger partial charge in [0.1, 0.15) is 0 Å². The lowest BCUT2D eigenvalue weighted by atomic mass is 10.0. The van der Waals surface area contributed by atoms with Gasteiger partial charge in [-0.25, -0.2) is 0 Å². The van der Waals surface area contributed by atoms with Crippen molar-refractivity contribution in [3.8, 4) is 12.3 Å². The van der Waals surface area contributed by atoms with E-state index < -0.39 is 0 Å². The van der Waals surface area contributed by atoms with Gasteiger partial charge in [-0.05, 0) is 42.3 Å². The fourth-order valence-electron chi connectivity index (χ4n) is 2.79. The second-order valence-corrected chi connectivity index (χ2v) is 5.92. The van der Waals surface area contributed by atoms with Crippen LogP contribution in [0.1, 0.15) is 18.1 Å². The maximum absolute atomic E-state index is 13.2. The smallest absolute Gasteiger partial charge is 0.258 e. The molecule has 1 amide bonds. The van der Waals surface area contributed by atoms with Crippen LogP contribution in [0.15, 0.2) is 78.0 Å². The summed E-state index contributed by atoms with van der Waals surface area (Å²) in [4.78, 5) is 15.0. The number of anilines is 1. The van der Waals surface area contributed by atoms with Crippen molar-refractivity contribution in [2.45, 2.75) is 13.5 Å². The number of nitrogens with one attached hydrogen (secondary N) is 1. The van der Waals surface area contributed by atoms with E-state index in [1.807, 2.05) is 73.8 Å². The van der Waals surface area contributed by atoms with Gasteiger partial charge in [-0.2, -0.15) is 0 Å². The number of hydrogen-bond acceptors (Lipinski definition) is 2. The highest BCUT2D eigenvalue weighted by Gasteiger charge is 2.22. The number of terminal acetylenes is 1. The summed E-state index contributed by atoms with van der Waals surface area (Å²) in [5, 5.41) is 3.13. The fraction of sp³-hybridized carbons (Fsp3) is 0.136. The first kappa shape index (κ1) is 16.6. The van der Waals surface area contributed by atoms with E-state index in [0.29, 0.717) is 13.1 Å². The van der Waals surface area contributed by atoms with Crippen molar-refractivity contribution in [2.24, 2.45) is 0 Å². The number of amides is 1. The predicted octanol–water partition coefficient (Wildman–Crippen LogP) is 3.63. The quantitative estimate of drug-likeness (QED) is 0.869. The van der Waals surface area contributed by atoms with E-state index in [2.05, 4.69) is 11.2 Å². The van der Waals surface area contributed by atoms with E-state index in [1.165, 1.54) is 0 Å². The normalized spacial score (nSPS) is 13.1. The first-order valence-corrected chi connectivity index (χ1v) is 8.22. The van der Waals surface area contributed by atoms with E-state index in [0.717, 1.165) is 28.0 Å². The van der Waals surface area contributed by atoms with Gasteiger partial charge in [0.25, 0.3) is 5.91 Å². The number of carbonyl (C=O) groups is 1. The van der Waals surface area contributed by atoms with Crippen LogP contribution >= 0.6 is 0 Å². The Labute approximate surface area is 148 Å². The Hall–Kier alpha value is -3.25. The number of hydrogen-bond donors (Lipinski definition) is 1. The minimum atomic E-state index is 0.00229. The summed E-state index contributed by atoms with van der Waals surface area (Å²) in [5.41, 5.74) is 4.43. The summed E-state index contributed by atoms with van der Waals surface area (Å²) in [6.45, 7) is 3.10. The summed E-state index contributed by atoms with van der Waals surface area (Å²) in [6.07, 6.45) is 9.25. The third-order valence-corrected chi connectivity index (χ3v) is 4.17. The highest BCUT2D eigenvalue weighted by atomic mass is 16.2. The van der Waals surface area contributed by atoms with E-state index in [4.69, 9.17) is 6.42 Å². The predicted molar refractivity (Wildman–Crippen MR) is 102 cm³/mol. The molecule has 3 nitrogen and oxygen atoms in total. The second kappa shape index (κ2) is 7.55. The third-order valence-electron chi connectivity index (χ3n) is 4.17. The Morgan fingerprint density at radius 1 is 1.16 bits per heavy atom. The fourth-order valence-corrected chi connectivity index (χ4v) is 2.79. The van der Waals surface area contributed by atoms with Gasteiger partial charge in [-0.15, -0.1) is 6.42 Å². The van der Waals surface area contributed by atoms with E-state index in [1.54, 1.807) is 4.90 Å². The van der Waals surface area contributed by atoms with E-state index in [9.17, 15) is 4.79 Å². The van der Waals surface area contributed by atoms with Gasteiger partial charge < -0.3 is 10.2 Å². The Morgan fingerprint density at radius 2 is 1.88 bits per heavy atom. The van der Waals surface area contributed by atoms with Gasteiger partial charge in [0, 0.05) is 29.6 Å². The highest BCUT2D eigenvalue weighted by Crippen LogP contribution is 2.23. The molecule has 0 aromatic heterocycles. The van der Waals surface area contributed by atoms with Crippen LogP contribution in [0, 0.1) is 12.3 Å². The number of para-hydroxylation sites is 1. The second-order valence-electron chi connectivity index (χ2n) is 5.92. The minimum Gasteiger partial charge on any atom is -0.387 e. The Balaban J connectivity index is 1.93. The average Bonchev–Trinajstić information content (AvgIpc) is 2.67. The van der Waals surface area contributed by atoms with Gasteiger partial charge in [0.05, 0.1) is 6.54 Å². The SMILES string of the molecule is C#Cc1ccc(CN(C(=O)C2=CCNC=C2C)c2ccccc2)cc1. The van der Waals surface area contributed by atoms with Gasteiger partial charge in [-0.3, -0.25) is 4.79 Å². The van der Waals surface area contributed by atoms with Crippen molar-refractivity contribution in [2.75, 3.05) is 11.4 Å². The molecule has 3 rings (SSSR count). The number of rotatable bonds is 4. The first-order valence-electron chi connectivity index (χ1n) is 8.22. The highest BCUT2D eigenvalue weighted by molar-refractivity contribution is 6.08. The molecule has 0 atom stereocenters. The van der Waals surface area contributed by atoms with Crippen molar-refractivity contribution in [3.63, 3.8) is 0 Å². The molecule has 3 heteroatoms. The van der Waals surface area contributed by atoms with Crippen LogP contribution in [0.2, 0.25) is 0 Å². The van der Waals surface area contributed by atoms with Crippen LogP contribution in [0.25, 0.3) is 0 Å². The Morgan fingerprint density at radius 3 is 2.52 bits per heavy atom. The maximum atomic E-state index is 13.2. The minimum absolute atomic E-state index is 0.00229. The lowest BCUT2D eigenvalue weighted by Crippen LogP contribution is -2.33. The van der Waals surface area contributed by atoms with Crippen LogP contribution in [-0.4, -0.2) is 12.5 Å². The van der Waals surface area contributed by atoms with Gasteiger partial charge in [0.15, 0.2) is 0 Å². The zero-order chi connectivity index (χ0) is 17.6. The van der Waals surface area contributed by atoms with E-state index >= 15 is 0 Å². The molecule has 0 aliphatic carbocycles. The summed E-state index contributed by atoms with van der Waals surface area (Å²) in [7, 11) is 0. The van der Waals surface area contributed by atoms with Crippen molar-refractivity contribution >= 4 is 11.6 Å². The molecule has 0 spiro atoms. The molecule has 0 fully saturated rings. The van der Waals surface area contributed by atoms with Crippen molar-refractivity contribution in [1.29, 1.82) is 0 Å². The summed E-state index contributed by atoms with van der Waals surface area (Å²) < 4.78 is 0. The van der Waals surface area contributed by atoms with E-state index in [-0.39, 0.29) is 5.91 Å². The zero-order valence-electron chi connectivity index (χ0n) is 14.2. The molecule has 0 saturated carbocycles. The summed E-state index contributed by atoms with van der Waals surface area (Å²) in [5.74, 6) is 2.62. The van der Waals surface area contributed by atoms with Crippen LogP contribution in [0.3, 0.4) is 0 Å². The van der Waals surface area contributed by atoms with Crippen LogP contribution in [0.4, 0.5) is 5.69 Å². The molecule has 1 heterocycles. The van der Waals surface area contributed by atoms with Crippen LogP contribution in [-0.2, 0) is 11.3 Å². The number of benzene rings is 2. The van der Waals surface area contributed by atoms with Crippen molar-refractivity contribution in [1.82, 2.24) is 5.32 Å². The zero-order valence-corrected chi connectivity index (χ0v) is 14.2. The van der Waals surface area contributed by atoms with Crippen LogP contribution < -0.4 is 10.2 Å². The monoisotopic (exact) mass is 328 g/mol. The molecule has 0 radical (unpaired) electrons. The first-order chi connectivity index (χ1) is 12.2. The lowest BCUT2D eigenvalue weighted by Gasteiger charge is -2.26. The summed E-state index contributed by atoms with van der Waals surface area (Å²) >= 11 is 0. The number of carbonyl (C=O) groups excluding carboxylic acids is 1. The van der Waals surface area contributed by atoms with Gasteiger partial charge in [-0.1, -0.05) is 42.3 Å². The lowest BCUT2D eigenvalue weighted by molar-refractivity contribution is -0.115. The van der Waals surface area contributed by atoms with Gasteiger partial charge in [0.2, 0.25) is 0 Å². The Bertz CT molecular complexity index is 855. The van der Waals surface area contributed by atoms with Gasteiger partial charge >= 0.3 is 0 Å². The topological polar surface area (TPSA) is 32.3 Å². The average molecular weight is 328 g/mol. The largest absolute Gasteiger partial charge is 0.387 e. The Kier molecular flexibility index (Phi) is 5.01. The molecule has 2 aromatic carbocycles. The molecule has 0 bridgehead atoms. The number of nitrogens with zero attached hydrogens (tertiary/aromatic N) is 1. The molecule has 0 saturated heterocycles. The molecular formula is C22H20N2O. The molecule has 1 N–H and O–H groups in total. The maximum Gasteiger partial charge on any atom is 0.258 e. The summed E-state index contributed by atoms with van der Waals surface area (Å²) in [6, 6.07) is 17.5. The molecule has 124 valence electrons. The third kappa shape index (κ3) is 3.81. The van der Waals surface area contributed by atoms with Crippen LogP contribution in [0.5, 0.6) is 0 Å². The number of dihydropyridines is 1. The van der Waals surface area contributed by atoms with Crippen molar-refractivity contribution in [3.05, 3.63) is 89.1 Å². The molecule has 25 heavy (non-hydrogen) atoms. The molecule has 2 aromatic rings.